The molecule has 5 atom stereocenters. The standard InChI is InChI=1S/C45H54N4O5/c1-25(2)27(4)43(50)49-26(3)9-14-40(49)38-18-31(21-46-38)29-10-12-33-32(16-29)24-53-42-20-34-30(17-36(33)42)11-13-37-35(34)19-39(47-37)41-15-28(23-52-8)22-48(41)44(51)54-45(5,6)7/h10-13,16-17,20-21,25-28,40-41H,9,14-15,18-19,22-24H2,1-8H3/t26-,27-,28-,40-,41-/m0/s1. The fraction of sp³-hybridized carbons (Fsp3) is 0.511. The van der Waals surface area contributed by atoms with Crippen molar-refractivity contribution in [3.8, 4) is 16.9 Å². The minimum absolute atomic E-state index is 0.00194. The number of hydrogen-bond donors (Lipinski definition) is 0. The summed E-state index contributed by atoms with van der Waals surface area (Å²) in [6.07, 6.45) is 5.93. The highest BCUT2D eigenvalue weighted by molar-refractivity contribution is 6.07. The first kappa shape index (κ1) is 36.5. The van der Waals surface area contributed by atoms with Crippen LogP contribution in [0.15, 0.2) is 58.6 Å². The first-order valence-electron chi connectivity index (χ1n) is 19.8. The summed E-state index contributed by atoms with van der Waals surface area (Å²) in [4.78, 5) is 40.8. The maximum absolute atomic E-state index is 13.5. The van der Waals surface area contributed by atoms with Crippen molar-refractivity contribution < 1.29 is 23.8 Å². The van der Waals surface area contributed by atoms with Crippen LogP contribution in [0.3, 0.4) is 0 Å². The maximum Gasteiger partial charge on any atom is 0.410 e. The molecule has 0 aromatic heterocycles. The summed E-state index contributed by atoms with van der Waals surface area (Å²) in [6.45, 7) is 15.9. The van der Waals surface area contributed by atoms with Crippen LogP contribution in [0.25, 0.3) is 27.5 Å². The van der Waals surface area contributed by atoms with Gasteiger partial charge in [-0.15, -0.1) is 0 Å². The molecule has 5 aliphatic heterocycles. The van der Waals surface area contributed by atoms with Gasteiger partial charge in [0.25, 0.3) is 0 Å². The molecule has 2 saturated heterocycles. The molecule has 9 nitrogen and oxygen atoms in total. The van der Waals surface area contributed by atoms with Gasteiger partial charge in [0.1, 0.15) is 18.0 Å². The number of aliphatic imine (C=N–C) groups is 2. The van der Waals surface area contributed by atoms with Crippen molar-refractivity contribution in [1.82, 2.24) is 9.80 Å². The zero-order valence-corrected chi connectivity index (χ0v) is 33.1. The Morgan fingerprint density at radius 1 is 0.981 bits per heavy atom. The molecule has 2 amide bonds. The predicted octanol–water partition coefficient (Wildman–Crippen LogP) is 9.16. The third-order valence-electron chi connectivity index (χ3n) is 12.2. The van der Waals surface area contributed by atoms with Crippen molar-refractivity contribution in [2.24, 2.45) is 27.7 Å². The normalized spacial score (nSPS) is 23.8. The van der Waals surface area contributed by atoms with Crippen molar-refractivity contribution in [1.29, 1.82) is 0 Å². The minimum Gasteiger partial charge on any atom is -0.488 e. The molecule has 54 heavy (non-hydrogen) atoms. The lowest BCUT2D eigenvalue weighted by molar-refractivity contribution is -0.137. The molecular weight excluding hydrogens is 677 g/mol. The lowest BCUT2D eigenvalue weighted by Crippen LogP contribution is -2.46. The highest BCUT2D eigenvalue weighted by Crippen LogP contribution is 2.45. The highest BCUT2D eigenvalue weighted by Gasteiger charge is 2.42. The van der Waals surface area contributed by atoms with Gasteiger partial charge in [-0.25, -0.2) is 4.79 Å². The molecule has 0 unspecified atom stereocenters. The Hall–Kier alpha value is -4.50. The zero-order chi connectivity index (χ0) is 38.1. The number of rotatable bonds is 7. The van der Waals surface area contributed by atoms with Crippen molar-refractivity contribution in [3.05, 3.63) is 65.4 Å². The van der Waals surface area contributed by atoms with Crippen molar-refractivity contribution >= 4 is 45.5 Å². The number of carbonyl (C=O) groups excluding carboxylic acids is 2. The second-order valence-electron chi connectivity index (χ2n) is 17.5. The monoisotopic (exact) mass is 730 g/mol. The van der Waals surface area contributed by atoms with Gasteiger partial charge in [-0.3, -0.25) is 19.7 Å². The van der Waals surface area contributed by atoms with Crippen LogP contribution in [0, 0.1) is 17.8 Å². The van der Waals surface area contributed by atoms with Crippen LogP contribution in [0.4, 0.5) is 10.5 Å². The molecule has 3 aromatic rings. The third kappa shape index (κ3) is 6.63. The van der Waals surface area contributed by atoms with Crippen LogP contribution in [0.1, 0.15) is 90.8 Å². The van der Waals surface area contributed by atoms with Gasteiger partial charge < -0.3 is 19.1 Å². The van der Waals surface area contributed by atoms with Gasteiger partial charge >= 0.3 is 6.09 Å². The van der Waals surface area contributed by atoms with Gasteiger partial charge in [0, 0.05) is 67.6 Å². The van der Waals surface area contributed by atoms with E-state index < -0.39 is 5.60 Å². The van der Waals surface area contributed by atoms with Gasteiger partial charge in [-0.05, 0) is 116 Å². The Bertz CT molecular complexity index is 2110. The number of benzene rings is 3. The lowest BCUT2D eigenvalue weighted by atomic mass is 9.89. The van der Waals surface area contributed by atoms with Crippen LogP contribution < -0.4 is 4.74 Å². The molecule has 0 radical (unpaired) electrons. The Kier molecular flexibility index (Phi) is 9.44. The van der Waals surface area contributed by atoms with E-state index in [0.717, 1.165) is 76.0 Å². The second-order valence-corrected chi connectivity index (χ2v) is 17.5. The Morgan fingerprint density at radius 3 is 2.56 bits per heavy atom. The van der Waals surface area contributed by atoms with Gasteiger partial charge in [-0.2, -0.15) is 0 Å². The second kappa shape index (κ2) is 14.0. The maximum atomic E-state index is 13.5. The predicted molar refractivity (Wildman–Crippen MR) is 215 cm³/mol. The number of amides is 2. The summed E-state index contributed by atoms with van der Waals surface area (Å²) >= 11 is 0. The lowest BCUT2D eigenvalue weighted by Gasteiger charge is -2.32. The third-order valence-corrected chi connectivity index (χ3v) is 12.2. The van der Waals surface area contributed by atoms with E-state index in [1.807, 2.05) is 31.9 Å². The Balaban J connectivity index is 1.00. The van der Waals surface area contributed by atoms with Crippen LogP contribution in [-0.2, 0) is 27.3 Å². The van der Waals surface area contributed by atoms with E-state index in [4.69, 9.17) is 24.2 Å². The molecule has 0 aliphatic carbocycles. The molecule has 9 heteroatoms. The molecular formula is C45H54N4O5. The SMILES string of the molecule is COC[C@H]1C[C@@H](C2=Nc3ccc4cc5c(cc4c3C2)OCc2cc(C3=CN=C([C@@H]4CC[C@H](C)N4C(=O)[C@@H](C)C(C)C)C3)ccc2-5)N(C(=O)OC(C)(C)C)C1. The Morgan fingerprint density at radius 2 is 1.80 bits per heavy atom. The number of hydrogen-bond acceptors (Lipinski definition) is 7. The molecule has 0 N–H and O–H groups in total. The van der Waals surface area contributed by atoms with E-state index in [2.05, 4.69) is 75.1 Å². The van der Waals surface area contributed by atoms with Crippen LogP contribution in [0.2, 0.25) is 0 Å². The molecule has 5 aliphatic rings. The molecule has 3 aromatic carbocycles. The first-order valence-corrected chi connectivity index (χ1v) is 19.8. The minimum atomic E-state index is -0.576. The van der Waals surface area contributed by atoms with Gasteiger partial charge in [-0.1, -0.05) is 39.0 Å². The van der Waals surface area contributed by atoms with Gasteiger partial charge in [0.05, 0.1) is 24.4 Å². The van der Waals surface area contributed by atoms with Crippen molar-refractivity contribution in [2.75, 3.05) is 20.3 Å². The molecule has 5 heterocycles. The van der Waals surface area contributed by atoms with Crippen molar-refractivity contribution in [2.45, 2.75) is 111 Å². The Labute approximate surface area is 319 Å². The van der Waals surface area contributed by atoms with E-state index in [0.29, 0.717) is 32.1 Å². The smallest absolute Gasteiger partial charge is 0.410 e. The van der Waals surface area contributed by atoms with E-state index >= 15 is 0 Å². The van der Waals surface area contributed by atoms with Gasteiger partial charge in [0.2, 0.25) is 5.91 Å². The summed E-state index contributed by atoms with van der Waals surface area (Å²) < 4.78 is 17.8. The van der Waals surface area contributed by atoms with Crippen LogP contribution in [-0.4, -0.2) is 77.2 Å². The topological polar surface area (TPSA) is 93.0 Å². The van der Waals surface area contributed by atoms with Crippen LogP contribution in [0.5, 0.6) is 5.75 Å². The number of likely N-dealkylation sites (tertiary alicyclic amines) is 2. The number of methoxy groups -OCH3 is 1. The summed E-state index contributed by atoms with van der Waals surface area (Å²) in [7, 11) is 1.71. The molecule has 0 spiro atoms. The summed E-state index contributed by atoms with van der Waals surface area (Å²) in [5.74, 6) is 1.66. The number of nitrogens with zero attached hydrogens (tertiary/aromatic N) is 4. The number of carbonyl (C=O) groups is 2. The number of allylic oxidation sites excluding steroid dienone is 1. The number of ether oxygens (including phenoxy) is 3. The largest absolute Gasteiger partial charge is 0.488 e. The van der Waals surface area contributed by atoms with E-state index in [1.54, 1.807) is 7.11 Å². The quantitative estimate of drug-likeness (QED) is 0.242. The molecule has 284 valence electrons. The number of fused-ring (bicyclic) bond motifs is 6. The van der Waals surface area contributed by atoms with Gasteiger partial charge in [0.15, 0.2) is 0 Å². The fourth-order valence-corrected chi connectivity index (χ4v) is 9.07. The summed E-state index contributed by atoms with van der Waals surface area (Å²) in [6, 6.07) is 15.6. The zero-order valence-electron chi connectivity index (χ0n) is 33.1. The highest BCUT2D eigenvalue weighted by atomic mass is 16.6. The average molecular weight is 731 g/mol. The van der Waals surface area contributed by atoms with E-state index in [-0.39, 0.29) is 42.0 Å². The molecule has 0 bridgehead atoms. The first-order chi connectivity index (χ1) is 25.8. The fourth-order valence-electron chi connectivity index (χ4n) is 9.07. The molecule has 0 saturated carbocycles. The summed E-state index contributed by atoms with van der Waals surface area (Å²) in [5, 5.41) is 2.28. The van der Waals surface area contributed by atoms with E-state index in [1.165, 1.54) is 16.7 Å². The average Bonchev–Trinajstić information content (AvgIpc) is 3.95. The molecule has 8 rings (SSSR count). The molecule has 2 fully saturated rings. The van der Waals surface area contributed by atoms with Crippen LogP contribution >= 0.6 is 0 Å². The van der Waals surface area contributed by atoms with Crippen molar-refractivity contribution in [3.63, 3.8) is 0 Å². The van der Waals surface area contributed by atoms with E-state index in [9.17, 15) is 9.59 Å². The summed E-state index contributed by atoms with van der Waals surface area (Å²) in [5.41, 5.74) is 9.44.